The zero-order valence-electron chi connectivity index (χ0n) is 12.8. The quantitative estimate of drug-likeness (QED) is 0.702. The van der Waals surface area contributed by atoms with Gasteiger partial charge in [0.15, 0.2) is 0 Å². The lowest BCUT2D eigenvalue weighted by Gasteiger charge is -2.05. The van der Waals surface area contributed by atoms with Gasteiger partial charge in [0.1, 0.15) is 0 Å². The predicted molar refractivity (Wildman–Crippen MR) is 88.3 cm³/mol. The second-order valence-corrected chi connectivity index (χ2v) is 6.94. The van der Waals surface area contributed by atoms with Crippen molar-refractivity contribution >= 4 is 10.0 Å². The maximum Gasteiger partial charge on any atom is 0.249 e. The Morgan fingerprint density at radius 1 is 1.04 bits per heavy atom. The van der Waals surface area contributed by atoms with E-state index in [2.05, 4.69) is 19.9 Å². The molecule has 0 bridgehead atoms. The summed E-state index contributed by atoms with van der Waals surface area (Å²) in [6.45, 7) is 0.198. The Balaban J connectivity index is 1.54. The van der Waals surface area contributed by atoms with Gasteiger partial charge in [-0.25, -0.2) is 13.1 Å². The van der Waals surface area contributed by atoms with Crippen molar-refractivity contribution in [2.75, 3.05) is 6.54 Å². The molecule has 0 aliphatic rings. The fraction of sp³-hybridized carbons (Fsp3) is 0.188. The van der Waals surface area contributed by atoms with Crippen LogP contribution >= 0.6 is 0 Å². The lowest BCUT2D eigenvalue weighted by atomic mass is 10.2. The number of hydrogen-bond donors (Lipinski definition) is 1. The predicted octanol–water partition coefficient (Wildman–Crippen LogP) is 1.79. The lowest BCUT2D eigenvalue weighted by Crippen LogP contribution is -2.27. The average molecular weight is 344 g/mol. The van der Waals surface area contributed by atoms with Crippen molar-refractivity contribution < 1.29 is 12.8 Å². The fourth-order valence-electron chi connectivity index (χ4n) is 2.12. The third kappa shape index (κ3) is 4.46. The van der Waals surface area contributed by atoms with E-state index in [4.69, 9.17) is 4.42 Å². The molecule has 124 valence electrons. The molecular weight excluding hydrogens is 328 g/mol. The van der Waals surface area contributed by atoms with E-state index in [0.717, 1.165) is 11.1 Å². The molecule has 0 spiro atoms. The molecule has 0 fully saturated rings. The van der Waals surface area contributed by atoms with Gasteiger partial charge >= 0.3 is 0 Å². The molecule has 2 aromatic heterocycles. The van der Waals surface area contributed by atoms with E-state index >= 15 is 0 Å². The highest BCUT2D eigenvalue weighted by Gasteiger charge is 2.13. The van der Waals surface area contributed by atoms with E-state index in [1.54, 1.807) is 30.6 Å². The lowest BCUT2D eigenvalue weighted by molar-refractivity contribution is 0.501. The van der Waals surface area contributed by atoms with Crippen LogP contribution in [0.1, 0.15) is 11.5 Å². The summed E-state index contributed by atoms with van der Waals surface area (Å²) < 4.78 is 32.1. The SMILES string of the molecule is O=S(=O)(Cc1ccccc1)NCCc1nnc(-c2cccnc2)o1. The number of hydrogen-bond acceptors (Lipinski definition) is 6. The second kappa shape index (κ2) is 7.33. The number of nitrogens with zero attached hydrogens (tertiary/aromatic N) is 3. The smallest absolute Gasteiger partial charge is 0.249 e. The van der Waals surface area contributed by atoms with Crippen molar-refractivity contribution in [3.05, 3.63) is 66.3 Å². The molecule has 0 saturated carbocycles. The van der Waals surface area contributed by atoms with Crippen molar-refractivity contribution in [2.24, 2.45) is 0 Å². The first kappa shape index (κ1) is 16.3. The molecule has 1 aromatic carbocycles. The maximum absolute atomic E-state index is 12.0. The highest BCUT2D eigenvalue weighted by Crippen LogP contribution is 2.15. The molecule has 0 radical (unpaired) electrons. The first-order chi connectivity index (χ1) is 11.6. The van der Waals surface area contributed by atoms with Crippen molar-refractivity contribution in [1.29, 1.82) is 0 Å². The molecule has 7 nitrogen and oxygen atoms in total. The zero-order valence-corrected chi connectivity index (χ0v) is 13.6. The van der Waals surface area contributed by atoms with Crippen molar-refractivity contribution in [3.8, 4) is 11.5 Å². The van der Waals surface area contributed by atoms with Crippen LogP contribution in [0.25, 0.3) is 11.5 Å². The van der Waals surface area contributed by atoms with Crippen LogP contribution in [0.15, 0.2) is 59.3 Å². The maximum atomic E-state index is 12.0. The molecule has 2 heterocycles. The van der Waals surface area contributed by atoms with Crippen molar-refractivity contribution in [2.45, 2.75) is 12.2 Å². The van der Waals surface area contributed by atoms with Crippen molar-refractivity contribution in [1.82, 2.24) is 19.9 Å². The topological polar surface area (TPSA) is 98.0 Å². The van der Waals surface area contributed by atoms with E-state index < -0.39 is 10.0 Å². The van der Waals surface area contributed by atoms with Crippen LogP contribution in [-0.4, -0.2) is 30.1 Å². The molecule has 3 rings (SSSR count). The van der Waals surface area contributed by atoms with Crippen LogP contribution in [0.4, 0.5) is 0 Å². The standard InChI is InChI=1S/C16H16N4O3S/c21-24(22,12-13-5-2-1-3-6-13)18-10-8-15-19-20-16(23-15)14-7-4-9-17-11-14/h1-7,9,11,18H,8,10,12H2. The van der Waals surface area contributed by atoms with Gasteiger partial charge in [-0.3, -0.25) is 4.98 Å². The first-order valence-corrected chi connectivity index (χ1v) is 9.02. The molecular formula is C16H16N4O3S. The van der Waals surface area contributed by atoms with Crippen LogP contribution in [0, 0.1) is 0 Å². The number of sulfonamides is 1. The normalized spacial score (nSPS) is 11.5. The van der Waals surface area contributed by atoms with Gasteiger partial charge in [-0.15, -0.1) is 10.2 Å². The van der Waals surface area contributed by atoms with Gasteiger partial charge in [0.2, 0.25) is 21.8 Å². The van der Waals surface area contributed by atoms with E-state index in [-0.39, 0.29) is 12.3 Å². The van der Waals surface area contributed by atoms with Gasteiger partial charge < -0.3 is 4.42 Å². The molecule has 0 unspecified atom stereocenters. The molecule has 0 atom stereocenters. The Kier molecular flexibility index (Phi) is 4.97. The summed E-state index contributed by atoms with van der Waals surface area (Å²) in [6.07, 6.45) is 3.60. The summed E-state index contributed by atoms with van der Waals surface area (Å²) in [4.78, 5) is 3.99. The van der Waals surface area contributed by atoms with Crippen LogP contribution < -0.4 is 4.72 Å². The molecule has 0 saturated heterocycles. The number of pyridine rings is 1. The average Bonchev–Trinajstić information content (AvgIpc) is 3.05. The Morgan fingerprint density at radius 3 is 2.62 bits per heavy atom. The summed E-state index contributed by atoms with van der Waals surface area (Å²) in [7, 11) is -3.40. The van der Waals surface area contributed by atoms with E-state index in [1.165, 1.54) is 0 Å². The Morgan fingerprint density at radius 2 is 1.88 bits per heavy atom. The molecule has 1 N–H and O–H groups in total. The summed E-state index contributed by atoms with van der Waals surface area (Å²) >= 11 is 0. The van der Waals surface area contributed by atoms with Crippen molar-refractivity contribution in [3.63, 3.8) is 0 Å². The van der Waals surface area contributed by atoms with Gasteiger partial charge in [-0.05, 0) is 17.7 Å². The van der Waals surface area contributed by atoms with E-state index in [1.807, 2.05) is 24.3 Å². The minimum atomic E-state index is -3.40. The van der Waals surface area contributed by atoms with Crippen LogP contribution in [0.5, 0.6) is 0 Å². The summed E-state index contributed by atoms with van der Waals surface area (Å²) in [6, 6.07) is 12.6. The highest BCUT2D eigenvalue weighted by atomic mass is 32.2. The summed E-state index contributed by atoms with van der Waals surface area (Å²) in [5.41, 5.74) is 1.46. The zero-order chi connectivity index (χ0) is 16.8. The number of nitrogens with one attached hydrogen (secondary N) is 1. The third-order valence-corrected chi connectivity index (χ3v) is 4.59. The largest absolute Gasteiger partial charge is 0.421 e. The molecule has 24 heavy (non-hydrogen) atoms. The Labute approximate surface area is 139 Å². The monoisotopic (exact) mass is 344 g/mol. The van der Waals surface area contributed by atoms with Gasteiger partial charge in [0, 0.05) is 25.4 Å². The number of rotatable bonds is 7. The van der Waals surface area contributed by atoms with Crippen LogP contribution in [0.2, 0.25) is 0 Å². The molecule has 0 aliphatic heterocycles. The fourth-order valence-corrected chi connectivity index (χ4v) is 3.27. The van der Waals surface area contributed by atoms with Gasteiger partial charge in [0.25, 0.3) is 0 Å². The van der Waals surface area contributed by atoms with E-state index in [0.29, 0.717) is 18.2 Å². The highest BCUT2D eigenvalue weighted by molar-refractivity contribution is 7.88. The summed E-state index contributed by atoms with van der Waals surface area (Å²) in [5.74, 6) is 0.681. The molecule has 8 heteroatoms. The number of benzene rings is 1. The van der Waals surface area contributed by atoms with Crippen LogP contribution in [0.3, 0.4) is 0 Å². The van der Waals surface area contributed by atoms with E-state index in [9.17, 15) is 8.42 Å². The molecule has 0 amide bonds. The number of aromatic nitrogens is 3. The first-order valence-electron chi connectivity index (χ1n) is 7.36. The molecule has 0 aliphatic carbocycles. The Bertz CT molecular complexity index is 880. The molecule has 3 aromatic rings. The van der Waals surface area contributed by atoms with Gasteiger partial charge in [-0.1, -0.05) is 30.3 Å². The van der Waals surface area contributed by atoms with Crippen LogP contribution in [-0.2, 0) is 22.2 Å². The summed E-state index contributed by atoms with van der Waals surface area (Å²) in [5, 5.41) is 7.85. The van der Waals surface area contributed by atoms with Gasteiger partial charge in [-0.2, -0.15) is 0 Å². The second-order valence-electron chi connectivity index (χ2n) is 5.13. The minimum Gasteiger partial charge on any atom is -0.421 e. The Hall–Kier alpha value is -2.58. The van der Waals surface area contributed by atoms with Gasteiger partial charge in [0.05, 0.1) is 11.3 Å². The minimum absolute atomic E-state index is 0.0569. The third-order valence-electron chi connectivity index (χ3n) is 3.24.